The standard InChI is InChI=1S/C24H28F2N4O5/c1-3-28-20-14-27(10-11-35-2)8-9-29(20)30-13-17(22(32)23(33)21(30)24(28)34)19(31)7-5-15-4-6-16(25)12-18(15)26/h4,6,12-13,20,33H,3,5,7-11,14H2,1-2H3/t20-/m0/s1. The Bertz CT molecular complexity index is 1200. The van der Waals surface area contributed by atoms with E-state index in [4.69, 9.17) is 4.74 Å². The SMILES string of the molecule is CCN1C(=O)c2c(O)c(=O)c(C(=O)CCc3ccc(F)cc3F)cn2N2CCN(CCOC)C[C@@H]12. The number of amides is 1. The number of nitrogens with zero attached hydrogens (tertiary/aromatic N) is 4. The average Bonchev–Trinajstić information content (AvgIpc) is 2.83. The van der Waals surface area contributed by atoms with Crippen molar-refractivity contribution in [2.24, 2.45) is 0 Å². The molecule has 188 valence electrons. The highest BCUT2D eigenvalue weighted by atomic mass is 19.1. The molecule has 2 aliphatic heterocycles. The quantitative estimate of drug-likeness (QED) is 0.558. The topological polar surface area (TPSA) is 95.3 Å². The number of halogens is 2. The molecule has 0 bridgehead atoms. The maximum atomic E-state index is 14.0. The van der Waals surface area contributed by atoms with E-state index in [0.29, 0.717) is 39.3 Å². The maximum absolute atomic E-state index is 14.0. The van der Waals surface area contributed by atoms with Crippen LogP contribution in [0.1, 0.15) is 39.8 Å². The van der Waals surface area contributed by atoms with Gasteiger partial charge in [-0.25, -0.2) is 8.78 Å². The van der Waals surface area contributed by atoms with E-state index >= 15 is 0 Å². The van der Waals surface area contributed by atoms with Gasteiger partial charge in [0.25, 0.3) is 5.91 Å². The first kappa shape index (κ1) is 24.8. The number of carbonyl (C=O) groups is 2. The zero-order chi connectivity index (χ0) is 25.3. The summed E-state index contributed by atoms with van der Waals surface area (Å²) >= 11 is 0. The summed E-state index contributed by atoms with van der Waals surface area (Å²) in [6.07, 6.45) is 0.670. The monoisotopic (exact) mass is 490 g/mol. The Labute approximate surface area is 201 Å². The molecule has 4 rings (SSSR count). The number of rotatable bonds is 8. The van der Waals surface area contributed by atoms with Gasteiger partial charge >= 0.3 is 0 Å². The maximum Gasteiger partial charge on any atom is 0.278 e. The number of methoxy groups -OCH3 is 1. The van der Waals surface area contributed by atoms with Crippen LogP contribution in [0.2, 0.25) is 0 Å². The molecule has 35 heavy (non-hydrogen) atoms. The molecule has 3 heterocycles. The van der Waals surface area contributed by atoms with Gasteiger partial charge in [0, 0.05) is 58.5 Å². The molecule has 0 aliphatic carbocycles. The highest BCUT2D eigenvalue weighted by Crippen LogP contribution is 2.27. The van der Waals surface area contributed by atoms with Crippen molar-refractivity contribution >= 4 is 11.7 Å². The first-order chi connectivity index (χ1) is 16.8. The number of hydrogen-bond acceptors (Lipinski definition) is 7. The predicted molar refractivity (Wildman–Crippen MR) is 123 cm³/mol. The zero-order valence-corrected chi connectivity index (χ0v) is 19.7. The summed E-state index contributed by atoms with van der Waals surface area (Å²) in [5, 5.41) is 12.5. The Kier molecular flexibility index (Phi) is 7.18. The lowest BCUT2D eigenvalue weighted by atomic mass is 10.0. The van der Waals surface area contributed by atoms with Crippen molar-refractivity contribution < 1.29 is 28.2 Å². The number of hydrogen-bond donors (Lipinski definition) is 1. The third-order valence-electron chi connectivity index (χ3n) is 6.56. The summed E-state index contributed by atoms with van der Waals surface area (Å²) in [6, 6.07) is 3.08. The Morgan fingerprint density at radius 2 is 2.00 bits per heavy atom. The van der Waals surface area contributed by atoms with E-state index < -0.39 is 34.5 Å². The van der Waals surface area contributed by atoms with E-state index in [1.807, 2.05) is 11.9 Å². The molecule has 11 heteroatoms. The zero-order valence-electron chi connectivity index (χ0n) is 19.7. The molecule has 1 amide bonds. The summed E-state index contributed by atoms with van der Waals surface area (Å²) in [6.45, 7) is 5.11. The number of aromatic hydroxyl groups is 1. The van der Waals surface area contributed by atoms with Gasteiger partial charge in [0.2, 0.25) is 5.43 Å². The minimum absolute atomic E-state index is 0.0454. The van der Waals surface area contributed by atoms with E-state index in [1.54, 1.807) is 12.0 Å². The van der Waals surface area contributed by atoms with E-state index in [9.17, 15) is 28.3 Å². The Balaban J connectivity index is 1.65. The molecule has 1 saturated heterocycles. The van der Waals surface area contributed by atoms with Gasteiger partial charge in [-0.2, -0.15) is 0 Å². The lowest BCUT2D eigenvalue weighted by Gasteiger charge is -2.51. The minimum Gasteiger partial charge on any atom is -0.502 e. The lowest BCUT2D eigenvalue weighted by molar-refractivity contribution is 0.0382. The molecule has 1 aromatic heterocycles. The molecular formula is C24H28F2N4O5. The molecule has 1 aromatic carbocycles. The van der Waals surface area contributed by atoms with Crippen LogP contribution in [0.25, 0.3) is 0 Å². The van der Waals surface area contributed by atoms with Crippen LogP contribution in [0.3, 0.4) is 0 Å². The molecule has 1 fully saturated rings. The number of aryl methyl sites for hydroxylation is 1. The molecule has 0 saturated carbocycles. The largest absolute Gasteiger partial charge is 0.502 e. The second kappa shape index (κ2) is 10.1. The van der Waals surface area contributed by atoms with Crippen molar-refractivity contribution in [3.63, 3.8) is 0 Å². The van der Waals surface area contributed by atoms with Crippen LogP contribution in [-0.4, -0.2) is 83.9 Å². The normalized spacial score (nSPS) is 17.9. The molecule has 2 aliphatic rings. The van der Waals surface area contributed by atoms with Gasteiger partial charge in [-0.15, -0.1) is 0 Å². The van der Waals surface area contributed by atoms with Crippen LogP contribution >= 0.6 is 0 Å². The summed E-state index contributed by atoms with van der Waals surface area (Å²) in [4.78, 5) is 42.8. The number of carbonyl (C=O) groups excluding carboxylic acids is 2. The van der Waals surface area contributed by atoms with Crippen LogP contribution in [0.4, 0.5) is 8.78 Å². The number of fused-ring (bicyclic) bond motifs is 3. The van der Waals surface area contributed by atoms with E-state index in [0.717, 1.165) is 12.1 Å². The molecule has 1 N–H and O–H groups in total. The number of ketones is 1. The third kappa shape index (κ3) is 4.65. The highest BCUT2D eigenvalue weighted by molar-refractivity contribution is 6.00. The van der Waals surface area contributed by atoms with Crippen LogP contribution < -0.4 is 10.4 Å². The number of Topliss-reactive ketones (excluding diaryl/α,β-unsaturated/α-hetero) is 1. The van der Waals surface area contributed by atoms with E-state index in [-0.39, 0.29) is 35.8 Å². The number of pyridine rings is 1. The van der Waals surface area contributed by atoms with Crippen molar-refractivity contribution in [1.29, 1.82) is 0 Å². The second-order valence-electron chi connectivity index (χ2n) is 8.60. The number of ether oxygens (including phenoxy) is 1. The van der Waals surface area contributed by atoms with Crippen LogP contribution in [0.5, 0.6) is 5.75 Å². The Morgan fingerprint density at radius 1 is 1.23 bits per heavy atom. The van der Waals surface area contributed by atoms with Gasteiger partial charge in [0.1, 0.15) is 17.8 Å². The highest BCUT2D eigenvalue weighted by Gasteiger charge is 2.42. The first-order valence-corrected chi connectivity index (χ1v) is 11.5. The van der Waals surface area contributed by atoms with Crippen molar-refractivity contribution in [1.82, 2.24) is 14.5 Å². The molecule has 9 nitrogen and oxygen atoms in total. The molecule has 2 aromatic rings. The molecule has 0 radical (unpaired) electrons. The predicted octanol–water partition coefficient (Wildman–Crippen LogP) is 1.35. The lowest BCUT2D eigenvalue weighted by Crippen LogP contribution is -2.69. The van der Waals surface area contributed by atoms with Gasteiger partial charge in [-0.3, -0.25) is 29.0 Å². The van der Waals surface area contributed by atoms with Crippen LogP contribution in [0.15, 0.2) is 29.2 Å². The Morgan fingerprint density at radius 3 is 2.69 bits per heavy atom. The van der Waals surface area contributed by atoms with Crippen LogP contribution in [0, 0.1) is 11.6 Å². The number of benzene rings is 1. The Hall–Kier alpha value is -3.31. The van der Waals surface area contributed by atoms with E-state index in [2.05, 4.69) is 4.90 Å². The number of likely N-dealkylation sites (N-methyl/N-ethyl adjacent to an activating group) is 1. The summed E-state index contributed by atoms with van der Waals surface area (Å²) in [5.41, 5.74) is -1.27. The summed E-state index contributed by atoms with van der Waals surface area (Å²) < 4.78 is 33.7. The smallest absolute Gasteiger partial charge is 0.278 e. The number of piperazine rings is 1. The second-order valence-corrected chi connectivity index (χ2v) is 8.60. The van der Waals surface area contributed by atoms with Crippen LogP contribution in [-0.2, 0) is 11.2 Å². The van der Waals surface area contributed by atoms with Gasteiger partial charge in [-0.05, 0) is 25.0 Å². The average molecular weight is 491 g/mol. The van der Waals surface area contributed by atoms with E-state index in [1.165, 1.54) is 16.9 Å². The van der Waals surface area contributed by atoms with Crippen molar-refractivity contribution in [2.75, 3.05) is 51.4 Å². The van der Waals surface area contributed by atoms with Gasteiger partial charge in [-0.1, -0.05) is 6.07 Å². The van der Waals surface area contributed by atoms with Gasteiger partial charge in [0.15, 0.2) is 17.2 Å². The van der Waals surface area contributed by atoms with Gasteiger partial charge < -0.3 is 14.7 Å². The molecule has 0 unspecified atom stereocenters. The summed E-state index contributed by atoms with van der Waals surface area (Å²) in [7, 11) is 1.62. The minimum atomic E-state index is -0.942. The summed E-state index contributed by atoms with van der Waals surface area (Å²) in [5.74, 6) is -3.39. The fourth-order valence-corrected chi connectivity index (χ4v) is 4.67. The molecule has 0 spiro atoms. The molecular weight excluding hydrogens is 462 g/mol. The third-order valence-corrected chi connectivity index (χ3v) is 6.56. The fourth-order valence-electron chi connectivity index (χ4n) is 4.67. The van der Waals surface area contributed by atoms with Crippen molar-refractivity contribution in [2.45, 2.75) is 25.9 Å². The van der Waals surface area contributed by atoms with Gasteiger partial charge in [0.05, 0.1) is 12.2 Å². The number of aromatic nitrogens is 1. The van der Waals surface area contributed by atoms with Crippen molar-refractivity contribution in [3.8, 4) is 5.75 Å². The first-order valence-electron chi connectivity index (χ1n) is 11.5. The van der Waals surface area contributed by atoms with Crippen molar-refractivity contribution in [3.05, 3.63) is 63.1 Å². The fraction of sp³-hybridized carbons (Fsp3) is 0.458. The molecule has 1 atom stereocenters.